The van der Waals surface area contributed by atoms with E-state index in [-0.39, 0.29) is 0 Å². The van der Waals surface area contributed by atoms with Crippen molar-refractivity contribution >= 4 is 11.8 Å². The van der Waals surface area contributed by atoms with Gasteiger partial charge in [-0.15, -0.1) is 0 Å². The van der Waals surface area contributed by atoms with Crippen LogP contribution in [0.25, 0.3) is 0 Å². The van der Waals surface area contributed by atoms with Gasteiger partial charge in [-0.3, -0.25) is 9.59 Å². The zero-order valence-corrected chi connectivity index (χ0v) is 15.9. The molecule has 2 rings (SSSR count). The van der Waals surface area contributed by atoms with Crippen LogP contribution in [0.15, 0.2) is 0 Å². The van der Waals surface area contributed by atoms with Crippen molar-refractivity contribution in [2.75, 3.05) is 13.2 Å². The maximum Gasteiger partial charge on any atom is 0.217 e. The maximum atomic E-state index is 11.5. The summed E-state index contributed by atoms with van der Waals surface area (Å²) < 4.78 is 16.3. The van der Waals surface area contributed by atoms with Crippen LogP contribution in [-0.4, -0.2) is 117 Å². The van der Waals surface area contributed by atoms with Crippen molar-refractivity contribution in [3.05, 3.63) is 0 Å². The first-order valence-corrected chi connectivity index (χ1v) is 9.05. The van der Waals surface area contributed by atoms with E-state index in [4.69, 9.17) is 14.2 Å². The van der Waals surface area contributed by atoms with Crippen LogP contribution >= 0.6 is 0 Å². The number of carbonyl (C=O) groups excluding carboxylic acids is 2. The summed E-state index contributed by atoms with van der Waals surface area (Å²) in [7, 11) is 0. The molecule has 2 heterocycles. The first-order valence-electron chi connectivity index (χ1n) is 9.05. The molecule has 0 aliphatic carbocycles. The Hall–Kier alpha value is -1.42. The summed E-state index contributed by atoms with van der Waals surface area (Å²) in [5, 5.41) is 64.5. The summed E-state index contributed by atoms with van der Waals surface area (Å²) in [4.78, 5) is 22.8. The van der Waals surface area contributed by atoms with Crippen LogP contribution in [0.3, 0.4) is 0 Å². The largest absolute Gasteiger partial charge is 0.394 e. The number of ether oxygens (including phenoxy) is 3. The molecular formula is C16H28N2O11. The number of carbonyl (C=O) groups is 2. The fourth-order valence-electron chi connectivity index (χ4n) is 3.38. The predicted molar refractivity (Wildman–Crippen MR) is 91.8 cm³/mol. The van der Waals surface area contributed by atoms with Crippen molar-refractivity contribution in [2.24, 2.45) is 0 Å². The summed E-state index contributed by atoms with van der Waals surface area (Å²) in [6, 6.07) is -2.59. The zero-order chi connectivity index (χ0) is 21.9. The van der Waals surface area contributed by atoms with Crippen molar-refractivity contribution in [1.29, 1.82) is 0 Å². The van der Waals surface area contributed by atoms with E-state index < -0.39 is 86.3 Å². The van der Waals surface area contributed by atoms with E-state index in [1.807, 2.05) is 0 Å². The Bertz CT molecular complexity index is 579. The van der Waals surface area contributed by atoms with E-state index in [0.29, 0.717) is 0 Å². The molecule has 0 spiro atoms. The molecule has 10 atom stereocenters. The number of hydrogen-bond acceptors (Lipinski definition) is 11. The van der Waals surface area contributed by atoms with Gasteiger partial charge in [0.05, 0.1) is 13.2 Å². The van der Waals surface area contributed by atoms with Crippen LogP contribution in [0, 0.1) is 0 Å². The highest BCUT2D eigenvalue weighted by atomic mass is 16.7. The molecule has 2 fully saturated rings. The van der Waals surface area contributed by atoms with Crippen LogP contribution in [0.1, 0.15) is 13.8 Å². The second kappa shape index (κ2) is 10.1. The van der Waals surface area contributed by atoms with E-state index in [9.17, 15) is 40.2 Å². The Morgan fingerprint density at radius 3 is 1.90 bits per heavy atom. The molecule has 29 heavy (non-hydrogen) atoms. The first-order chi connectivity index (χ1) is 13.6. The molecule has 2 aliphatic heterocycles. The number of nitrogens with one attached hydrogen (secondary N) is 2. The van der Waals surface area contributed by atoms with Crippen LogP contribution in [-0.2, 0) is 23.8 Å². The van der Waals surface area contributed by atoms with Crippen LogP contribution in [0.5, 0.6) is 0 Å². The lowest BCUT2D eigenvalue weighted by molar-refractivity contribution is -0.327. The van der Waals surface area contributed by atoms with E-state index in [1.54, 1.807) is 0 Å². The smallest absolute Gasteiger partial charge is 0.217 e. The van der Waals surface area contributed by atoms with Gasteiger partial charge < -0.3 is 55.5 Å². The third-order valence-electron chi connectivity index (χ3n) is 4.78. The van der Waals surface area contributed by atoms with Gasteiger partial charge in [0.15, 0.2) is 12.6 Å². The molecule has 2 aliphatic rings. The number of hydrogen-bond donors (Lipinski definition) is 8. The van der Waals surface area contributed by atoms with Gasteiger partial charge in [-0.25, -0.2) is 0 Å². The fraction of sp³-hybridized carbons (Fsp3) is 0.875. The molecule has 168 valence electrons. The zero-order valence-electron chi connectivity index (χ0n) is 15.9. The molecule has 13 nitrogen and oxygen atoms in total. The Kier molecular flexibility index (Phi) is 8.28. The summed E-state index contributed by atoms with van der Waals surface area (Å²) in [6.07, 6.45) is -11.7. The Morgan fingerprint density at radius 1 is 0.828 bits per heavy atom. The minimum Gasteiger partial charge on any atom is -0.394 e. The summed E-state index contributed by atoms with van der Waals surface area (Å²) >= 11 is 0. The highest BCUT2D eigenvalue weighted by Gasteiger charge is 2.51. The Balaban J connectivity index is 2.26. The van der Waals surface area contributed by atoms with Crippen molar-refractivity contribution in [3.63, 3.8) is 0 Å². The molecule has 0 aromatic carbocycles. The van der Waals surface area contributed by atoms with Crippen molar-refractivity contribution in [3.8, 4) is 0 Å². The average Bonchev–Trinajstić information content (AvgIpc) is 2.65. The van der Waals surface area contributed by atoms with E-state index in [0.717, 1.165) is 13.8 Å². The van der Waals surface area contributed by atoms with Crippen LogP contribution in [0.4, 0.5) is 0 Å². The Morgan fingerprint density at radius 2 is 1.38 bits per heavy atom. The van der Waals surface area contributed by atoms with Crippen LogP contribution < -0.4 is 10.6 Å². The van der Waals surface area contributed by atoms with Gasteiger partial charge in [0.1, 0.15) is 48.7 Å². The summed E-state index contributed by atoms with van der Waals surface area (Å²) in [6.45, 7) is 0.962. The van der Waals surface area contributed by atoms with Crippen molar-refractivity contribution < 1.29 is 54.4 Å². The van der Waals surface area contributed by atoms with Gasteiger partial charge in [0.25, 0.3) is 0 Å². The second-order valence-corrected chi connectivity index (χ2v) is 7.00. The SMILES string of the molecule is CC(=O)N[C@@H]1[C@H](O)[C@H](O[C@@H]2O[C@H](CO)[C@@H](O)[C@@H](O)[C@H]2NC(C)=O)[C@@H](CO)O[C@H]1O. The lowest BCUT2D eigenvalue weighted by Crippen LogP contribution is -2.69. The molecule has 8 N–H and O–H groups in total. The molecule has 0 unspecified atom stereocenters. The first kappa shape index (κ1) is 23.9. The topological polar surface area (TPSA) is 207 Å². The molecule has 0 bridgehead atoms. The third kappa shape index (κ3) is 5.39. The average molecular weight is 424 g/mol. The molecule has 2 amide bonds. The molecule has 0 saturated carbocycles. The minimum atomic E-state index is -1.64. The number of rotatable bonds is 6. The normalized spacial score (nSPS) is 42.9. The lowest BCUT2D eigenvalue weighted by Gasteiger charge is -2.47. The summed E-state index contributed by atoms with van der Waals surface area (Å²) in [5.74, 6) is -1.14. The predicted octanol–water partition coefficient (Wildman–Crippen LogP) is -5.11. The van der Waals surface area contributed by atoms with Gasteiger partial charge in [-0.1, -0.05) is 0 Å². The molecule has 2 saturated heterocycles. The van der Waals surface area contributed by atoms with Crippen molar-refractivity contribution in [1.82, 2.24) is 10.6 Å². The van der Waals surface area contributed by atoms with Gasteiger partial charge in [-0.05, 0) is 0 Å². The third-order valence-corrected chi connectivity index (χ3v) is 4.78. The number of amides is 2. The fourth-order valence-corrected chi connectivity index (χ4v) is 3.38. The van der Waals surface area contributed by atoms with Crippen LogP contribution in [0.2, 0.25) is 0 Å². The number of aliphatic hydroxyl groups excluding tert-OH is 6. The van der Waals surface area contributed by atoms with Gasteiger partial charge in [-0.2, -0.15) is 0 Å². The number of aliphatic hydroxyl groups is 6. The quantitative estimate of drug-likeness (QED) is 0.202. The lowest BCUT2D eigenvalue weighted by atomic mass is 9.94. The summed E-state index contributed by atoms with van der Waals surface area (Å²) in [5.41, 5.74) is 0. The van der Waals surface area contributed by atoms with Gasteiger partial charge in [0.2, 0.25) is 11.8 Å². The van der Waals surface area contributed by atoms with Gasteiger partial charge >= 0.3 is 0 Å². The highest BCUT2D eigenvalue weighted by molar-refractivity contribution is 5.73. The monoisotopic (exact) mass is 424 g/mol. The minimum absolute atomic E-state index is 0.568. The van der Waals surface area contributed by atoms with Gasteiger partial charge in [0, 0.05) is 13.8 Å². The highest BCUT2D eigenvalue weighted by Crippen LogP contribution is 2.28. The molecule has 0 aromatic heterocycles. The van der Waals surface area contributed by atoms with Crippen molar-refractivity contribution in [2.45, 2.75) is 75.1 Å². The standard InChI is InChI=1S/C16H28N2O11/c1-5(21)17-9-13(25)14(8(4-20)27-15(9)26)29-16-10(18-6(2)22)12(24)11(23)7(3-19)28-16/h7-16,19-20,23-26H,3-4H2,1-2H3,(H,17,21)(H,18,22)/t7-,8-,9-,10-,11-,12+,13+,14-,15-,16+/m1/s1. The second-order valence-electron chi connectivity index (χ2n) is 7.00. The molecule has 0 aromatic rings. The van der Waals surface area contributed by atoms with E-state index >= 15 is 0 Å². The van der Waals surface area contributed by atoms with E-state index in [1.165, 1.54) is 0 Å². The van der Waals surface area contributed by atoms with E-state index in [2.05, 4.69) is 10.6 Å². The Labute approximate surface area is 166 Å². The molecule has 13 heteroatoms. The molecular weight excluding hydrogens is 396 g/mol. The molecule has 0 radical (unpaired) electrons. The maximum absolute atomic E-state index is 11.5.